The summed E-state index contributed by atoms with van der Waals surface area (Å²) in [6, 6.07) is 0.650. The lowest BCUT2D eigenvalue weighted by Crippen LogP contribution is -2.59. The van der Waals surface area contributed by atoms with Gasteiger partial charge in [0, 0.05) is 56.6 Å². The molecule has 0 spiro atoms. The number of rotatable bonds is 2. The molecule has 2 unspecified atom stereocenters. The van der Waals surface area contributed by atoms with Crippen LogP contribution in [0.25, 0.3) is 0 Å². The predicted octanol–water partition coefficient (Wildman–Crippen LogP) is 1.75. The summed E-state index contributed by atoms with van der Waals surface area (Å²) in [5, 5.41) is 3.43. The fourth-order valence-corrected chi connectivity index (χ4v) is 3.41. The summed E-state index contributed by atoms with van der Waals surface area (Å²) in [4.78, 5) is 25.6. The first-order chi connectivity index (χ1) is 10.7. The topological polar surface area (TPSA) is 61.4 Å². The number of nitrogens with zero attached hydrogens (tertiary/aromatic N) is 4. The van der Waals surface area contributed by atoms with E-state index in [-0.39, 0.29) is 36.8 Å². The molecule has 1 amide bonds. The molecule has 0 saturated carbocycles. The van der Waals surface area contributed by atoms with Gasteiger partial charge in [0.05, 0.1) is 6.20 Å². The minimum absolute atomic E-state index is 0. The number of carbonyl (C=O) groups excluding carboxylic acids is 1. The Labute approximate surface area is 156 Å². The molecule has 2 aliphatic rings. The Bertz CT molecular complexity index is 510. The number of amides is 1. The summed E-state index contributed by atoms with van der Waals surface area (Å²) in [6.45, 7) is 7.78. The Balaban J connectivity index is 0.00000144. The number of nitrogens with one attached hydrogen (secondary N) is 1. The maximum atomic E-state index is 12.8. The zero-order valence-electron chi connectivity index (χ0n) is 14.2. The normalized spacial score (nSPS) is 24.8. The molecule has 24 heavy (non-hydrogen) atoms. The van der Waals surface area contributed by atoms with Gasteiger partial charge in [-0.05, 0) is 26.7 Å². The number of carbonyl (C=O) groups is 1. The van der Waals surface area contributed by atoms with Crippen molar-refractivity contribution in [3.05, 3.63) is 18.6 Å². The van der Waals surface area contributed by atoms with Crippen LogP contribution in [-0.4, -0.2) is 59.0 Å². The molecule has 3 rings (SSSR count). The summed E-state index contributed by atoms with van der Waals surface area (Å²) in [5.41, 5.74) is 0. The first kappa shape index (κ1) is 20.9. The molecule has 2 aliphatic heterocycles. The van der Waals surface area contributed by atoms with Gasteiger partial charge in [0.25, 0.3) is 0 Å². The molecule has 0 aliphatic carbocycles. The monoisotopic (exact) mass is 375 g/mol. The van der Waals surface area contributed by atoms with Crippen LogP contribution >= 0.6 is 24.8 Å². The van der Waals surface area contributed by atoms with E-state index in [2.05, 4.69) is 38.9 Å². The third-order valence-electron chi connectivity index (χ3n) is 5.04. The highest BCUT2D eigenvalue weighted by atomic mass is 35.5. The molecular weight excluding hydrogens is 349 g/mol. The number of aromatic nitrogens is 2. The van der Waals surface area contributed by atoms with Gasteiger partial charge in [-0.2, -0.15) is 0 Å². The van der Waals surface area contributed by atoms with Gasteiger partial charge < -0.3 is 15.1 Å². The van der Waals surface area contributed by atoms with Gasteiger partial charge >= 0.3 is 0 Å². The first-order valence-corrected chi connectivity index (χ1v) is 8.21. The van der Waals surface area contributed by atoms with Crippen molar-refractivity contribution in [1.82, 2.24) is 20.2 Å². The molecule has 6 nitrogen and oxygen atoms in total. The largest absolute Gasteiger partial charge is 0.355 e. The molecule has 1 N–H and O–H groups in total. The minimum Gasteiger partial charge on any atom is -0.355 e. The molecular formula is C16H27Cl2N5O. The molecule has 2 atom stereocenters. The van der Waals surface area contributed by atoms with E-state index in [1.54, 1.807) is 18.6 Å². The summed E-state index contributed by atoms with van der Waals surface area (Å²) in [7, 11) is 0. The highest BCUT2D eigenvalue weighted by molar-refractivity contribution is 5.85. The van der Waals surface area contributed by atoms with Crippen molar-refractivity contribution < 1.29 is 4.79 Å². The van der Waals surface area contributed by atoms with E-state index in [1.807, 2.05) is 0 Å². The Hall–Kier alpha value is -1.11. The zero-order valence-corrected chi connectivity index (χ0v) is 15.9. The maximum Gasteiger partial charge on any atom is 0.226 e. The fraction of sp³-hybridized carbons (Fsp3) is 0.688. The second-order valence-corrected chi connectivity index (χ2v) is 6.34. The summed E-state index contributed by atoms with van der Waals surface area (Å²) in [6.07, 6.45) is 7.01. The van der Waals surface area contributed by atoms with E-state index < -0.39 is 0 Å². The van der Waals surface area contributed by atoms with Gasteiger partial charge in [0.15, 0.2) is 0 Å². The number of piperazine rings is 1. The lowest BCUT2D eigenvalue weighted by molar-refractivity contribution is -0.140. The maximum absolute atomic E-state index is 12.8. The van der Waals surface area contributed by atoms with Crippen LogP contribution in [0, 0.1) is 5.92 Å². The second kappa shape index (κ2) is 9.39. The zero-order chi connectivity index (χ0) is 15.5. The quantitative estimate of drug-likeness (QED) is 0.852. The first-order valence-electron chi connectivity index (χ1n) is 8.21. The van der Waals surface area contributed by atoms with Crippen molar-refractivity contribution in [2.45, 2.75) is 38.8 Å². The van der Waals surface area contributed by atoms with Gasteiger partial charge in [-0.3, -0.25) is 9.78 Å². The molecule has 1 aromatic rings. The highest BCUT2D eigenvalue weighted by Crippen LogP contribution is 2.24. The predicted molar refractivity (Wildman–Crippen MR) is 100 cm³/mol. The van der Waals surface area contributed by atoms with Crippen LogP contribution in [-0.2, 0) is 4.79 Å². The van der Waals surface area contributed by atoms with Crippen LogP contribution in [0.15, 0.2) is 18.6 Å². The molecule has 0 bridgehead atoms. The van der Waals surface area contributed by atoms with Crippen molar-refractivity contribution in [3.8, 4) is 0 Å². The molecule has 2 fully saturated rings. The smallest absolute Gasteiger partial charge is 0.226 e. The van der Waals surface area contributed by atoms with Crippen molar-refractivity contribution >= 4 is 36.5 Å². The van der Waals surface area contributed by atoms with E-state index in [4.69, 9.17) is 0 Å². The lowest BCUT2D eigenvalue weighted by atomic mass is 9.93. The van der Waals surface area contributed by atoms with Gasteiger partial charge in [0.1, 0.15) is 5.82 Å². The fourth-order valence-electron chi connectivity index (χ4n) is 3.41. The molecule has 1 aromatic heterocycles. The van der Waals surface area contributed by atoms with Crippen LogP contribution in [0.3, 0.4) is 0 Å². The van der Waals surface area contributed by atoms with Gasteiger partial charge in [0.2, 0.25) is 5.91 Å². The van der Waals surface area contributed by atoms with E-state index in [9.17, 15) is 4.79 Å². The van der Waals surface area contributed by atoms with Crippen LogP contribution in [0.5, 0.6) is 0 Å². The van der Waals surface area contributed by atoms with Crippen LogP contribution in [0.1, 0.15) is 26.7 Å². The van der Waals surface area contributed by atoms with Crippen LogP contribution in [0.4, 0.5) is 5.82 Å². The molecule has 2 saturated heterocycles. The van der Waals surface area contributed by atoms with Crippen LogP contribution < -0.4 is 10.2 Å². The SMILES string of the molecule is CC1NCCN(C(=O)C2CCN(c3cnccn3)CC2)C1C.Cl.Cl. The summed E-state index contributed by atoms with van der Waals surface area (Å²) in [5.74, 6) is 1.40. The standard InChI is InChI=1S/C16H25N5O.2ClH/c1-12-13(2)21(10-7-18-12)16(22)14-3-8-20(9-4-14)15-11-17-5-6-19-15;;/h5-6,11-14,18H,3-4,7-10H2,1-2H3;2*1H. The third kappa shape index (κ3) is 4.49. The Kier molecular flexibility index (Phi) is 8.19. The Morgan fingerprint density at radius 2 is 1.88 bits per heavy atom. The molecule has 136 valence electrons. The number of halogens is 2. The molecule has 8 heteroatoms. The molecule has 3 heterocycles. The third-order valence-corrected chi connectivity index (χ3v) is 5.04. The lowest BCUT2D eigenvalue weighted by Gasteiger charge is -2.42. The van der Waals surface area contributed by atoms with Crippen molar-refractivity contribution in [2.24, 2.45) is 5.92 Å². The van der Waals surface area contributed by atoms with Gasteiger partial charge in [-0.25, -0.2) is 4.98 Å². The summed E-state index contributed by atoms with van der Waals surface area (Å²) < 4.78 is 0. The highest BCUT2D eigenvalue weighted by Gasteiger charge is 2.34. The Morgan fingerprint density at radius 3 is 2.50 bits per heavy atom. The molecule has 0 aromatic carbocycles. The van der Waals surface area contributed by atoms with Gasteiger partial charge in [-0.1, -0.05) is 0 Å². The number of hydrogen-bond acceptors (Lipinski definition) is 5. The van der Waals surface area contributed by atoms with Crippen LogP contribution in [0.2, 0.25) is 0 Å². The van der Waals surface area contributed by atoms with Crippen molar-refractivity contribution in [1.29, 1.82) is 0 Å². The van der Waals surface area contributed by atoms with Gasteiger partial charge in [-0.15, -0.1) is 24.8 Å². The number of anilines is 1. The average Bonchev–Trinajstić information content (AvgIpc) is 2.58. The average molecular weight is 376 g/mol. The Morgan fingerprint density at radius 1 is 1.17 bits per heavy atom. The van der Waals surface area contributed by atoms with Crippen molar-refractivity contribution in [2.75, 3.05) is 31.1 Å². The van der Waals surface area contributed by atoms with Crippen molar-refractivity contribution in [3.63, 3.8) is 0 Å². The van der Waals surface area contributed by atoms with E-state index in [0.717, 1.165) is 44.8 Å². The van der Waals surface area contributed by atoms with E-state index in [1.165, 1.54) is 0 Å². The molecule has 0 radical (unpaired) electrons. The summed E-state index contributed by atoms with van der Waals surface area (Å²) >= 11 is 0. The number of piperidine rings is 1. The van der Waals surface area contributed by atoms with E-state index in [0.29, 0.717) is 11.9 Å². The van der Waals surface area contributed by atoms with E-state index >= 15 is 0 Å². The number of hydrogen-bond donors (Lipinski definition) is 1. The second-order valence-electron chi connectivity index (χ2n) is 6.34. The minimum atomic E-state index is 0.